The van der Waals surface area contributed by atoms with Crippen molar-refractivity contribution >= 4 is 22.6 Å². The molecule has 2 aromatic rings. The third-order valence-electron chi connectivity index (χ3n) is 5.77. The van der Waals surface area contributed by atoms with Crippen molar-refractivity contribution in [2.75, 3.05) is 0 Å². The Labute approximate surface area is 147 Å². The van der Waals surface area contributed by atoms with E-state index in [9.17, 15) is 14.7 Å². The second-order valence-corrected chi connectivity index (χ2v) is 7.40. The van der Waals surface area contributed by atoms with Crippen molar-refractivity contribution < 1.29 is 14.7 Å². The Morgan fingerprint density at radius 1 is 0.880 bits per heavy atom. The summed E-state index contributed by atoms with van der Waals surface area (Å²) in [7, 11) is 0. The fraction of sp³-hybridized carbons (Fsp3) is 0.429. The lowest BCUT2D eigenvalue weighted by molar-refractivity contribution is -0.142. The number of carbonyl (C=O) groups is 2. The Kier molecular flexibility index (Phi) is 4.20. The molecule has 0 aromatic heterocycles. The van der Waals surface area contributed by atoms with Gasteiger partial charge in [-0.15, -0.1) is 0 Å². The number of fused-ring (bicyclic) bond motifs is 2. The minimum atomic E-state index is -0.714. The zero-order valence-electron chi connectivity index (χ0n) is 14.3. The van der Waals surface area contributed by atoms with Gasteiger partial charge in [-0.3, -0.25) is 9.59 Å². The molecule has 2 atom stereocenters. The molecule has 1 amide bonds. The van der Waals surface area contributed by atoms with E-state index in [0.29, 0.717) is 32.4 Å². The molecule has 4 nitrogen and oxygen atoms in total. The van der Waals surface area contributed by atoms with Gasteiger partial charge in [0.1, 0.15) is 0 Å². The first-order chi connectivity index (χ1) is 12.1. The van der Waals surface area contributed by atoms with Gasteiger partial charge in [0.05, 0.1) is 5.92 Å². The molecule has 2 unspecified atom stereocenters. The molecule has 1 aliphatic heterocycles. The monoisotopic (exact) mass is 337 g/mol. The average Bonchev–Trinajstić information content (AvgIpc) is 2.85. The highest BCUT2D eigenvalue weighted by molar-refractivity contribution is 5.85. The predicted molar refractivity (Wildman–Crippen MR) is 95.9 cm³/mol. The van der Waals surface area contributed by atoms with Crippen LogP contribution in [-0.2, 0) is 22.7 Å². The van der Waals surface area contributed by atoms with Gasteiger partial charge < -0.3 is 10.0 Å². The maximum atomic E-state index is 13.0. The number of hydrogen-bond donors (Lipinski definition) is 1. The molecule has 130 valence electrons. The van der Waals surface area contributed by atoms with Gasteiger partial charge in [-0.1, -0.05) is 30.7 Å². The molecule has 1 aliphatic carbocycles. The SMILES string of the molecule is O=C(O)C1CCCC(C(=O)N2Cc3cc4ccccc4cc3C2)CC1. The molecule has 25 heavy (non-hydrogen) atoms. The van der Waals surface area contributed by atoms with Crippen LogP contribution >= 0.6 is 0 Å². The van der Waals surface area contributed by atoms with Crippen LogP contribution in [0.3, 0.4) is 0 Å². The van der Waals surface area contributed by atoms with Crippen molar-refractivity contribution in [3.63, 3.8) is 0 Å². The van der Waals surface area contributed by atoms with Gasteiger partial charge in [0, 0.05) is 19.0 Å². The van der Waals surface area contributed by atoms with Gasteiger partial charge in [-0.2, -0.15) is 0 Å². The molecule has 0 radical (unpaired) electrons. The van der Waals surface area contributed by atoms with Gasteiger partial charge >= 0.3 is 5.97 Å². The van der Waals surface area contributed by atoms with E-state index in [1.165, 1.54) is 21.9 Å². The van der Waals surface area contributed by atoms with E-state index in [2.05, 4.69) is 24.3 Å². The Morgan fingerprint density at radius 3 is 2.04 bits per heavy atom. The first kappa shape index (κ1) is 16.1. The highest BCUT2D eigenvalue weighted by atomic mass is 16.4. The van der Waals surface area contributed by atoms with E-state index < -0.39 is 5.97 Å². The normalized spacial score (nSPS) is 23.3. The fourth-order valence-corrected chi connectivity index (χ4v) is 4.31. The van der Waals surface area contributed by atoms with E-state index >= 15 is 0 Å². The first-order valence-corrected chi connectivity index (χ1v) is 9.14. The lowest BCUT2D eigenvalue weighted by Gasteiger charge is -2.22. The molecule has 4 heteroatoms. The van der Waals surface area contributed by atoms with E-state index in [-0.39, 0.29) is 17.7 Å². The van der Waals surface area contributed by atoms with Crippen molar-refractivity contribution in [3.05, 3.63) is 47.5 Å². The van der Waals surface area contributed by atoms with Crippen molar-refractivity contribution in [1.82, 2.24) is 4.90 Å². The van der Waals surface area contributed by atoms with Crippen LogP contribution in [0, 0.1) is 11.8 Å². The molecular formula is C21H23NO3. The summed E-state index contributed by atoms with van der Waals surface area (Å²) in [6.45, 7) is 1.36. The summed E-state index contributed by atoms with van der Waals surface area (Å²) in [4.78, 5) is 26.1. The summed E-state index contributed by atoms with van der Waals surface area (Å²) in [6.07, 6.45) is 3.67. The van der Waals surface area contributed by atoms with Gasteiger partial charge in [-0.05, 0) is 59.7 Å². The Balaban J connectivity index is 1.48. The molecule has 1 saturated carbocycles. The number of carboxylic acid groups (broad SMARTS) is 1. The minimum absolute atomic E-state index is 0.0203. The number of rotatable bonds is 2. The average molecular weight is 337 g/mol. The molecule has 4 rings (SSSR count). The predicted octanol–water partition coefficient (Wildman–Crippen LogP) is 3.96. The number of aliphatic carboxylic acids is 1. The summed E-state index contributed by atoms with van der Waals surface area (Å²) in [6, 6.07) is 12.7. The van der Waals surface area contributed by atoms with Gasteiger partial charge in [0.15, 0.2) is 0 Å². The van der Waals surface area contributed by atoms with E-state index in [1.807, 2.05) is 17.0 Å². The summed E-state index contributed by atoms with van der Waals surface area (Å²) >= 11 is 0. The van der Waals surface area contributed by atoms with Crippen LogP contribution in [0.5, 0.6) is 0 Å². The lowest BCUT2D eigenvalue weighted by Crippen LogP contribution is -2.32. The van der Waals surface area contributed by atoms with Crippen LogP contribution in [0.2, 0.25) is 0 Å². The Bertz CT molecular complexity index is 785. The summed E-state index contributed by atoms with van der Waals surface area (Å²) in [5.41, 5.74) is 2.48. The van der Waals surface area contributed by atoms with Crippen molar-refractivity contribution in [2.24, 2.45) is 11.8 Å². The van der Waals surface area contributed by atoms with Crippen molar-refractivity contribution in [3.8, 4) is 0 Å². The molecule has 0 saturated heterocycles. The molecule has 1 fully saturated rings. The third-order valence-corrected chi connectivity index (χ3v) is 5.77. The smallest absolute Gasteiger partial charge is 0.306 e. The van der Waals surface area contributed by atoms with Crippen LogP contribution in [0.25, 0.3) is 10.8 Å². The van der Waals surface area contributed by atoms with E-state index in [4.69, 9.17) is 0 Å². The fourth-order valence-electron chi connectivity index (χ4n) is 4.31. The Hall–Kier alpha value is -2.36. The summed E-state index contributed by atoms with van der Waals surface area (Å²) in [5, 5.41) is 11.6. The maximum absolute atomic E-state index is 13.0. The number of nitrogens with zero attached hydrogens (tertiary/aromatic N) is 1. The quantitative estimate of drug-likeness (QED) is 0.844. The van der Waals surface area contributed by atoms with Crippen LogP contribution in [0.1, 0.15) is 43.2 Å². The largest absolute Gasteiger partial charge is 0.481 e. The van der Waals surface area contributed by atoms with Crippen molar-refractivity contribution in [1.29, 1.82) is 0 Å². The molecule has 2 aromatic carbocycles. The van der Waals surface area contributed by atoms with Crippen LogP contribution in [0.15, 0.2) is 36.4 Å². The number of carbonyl (C=O) groups excluding carboxylic acids is 1. The molecule has 2 aliphatic rings. The van der Waals surface area contributed by atoms with Gasteiger partial charge in [0.2, 0.25) is 5.91 Å². The van der Waals surface area contributed by atoms with E-state index in [0.717, 1.165) is 12.8 Å². The Morgan fingerprint density at radius 2 is 1.44 bits per heavy atom. The molecule has 0 spiro atoms. The van der Waals surface area contributed by atoms with Gasteiger partial charge in [-0.25, -0.2) is 0 Å². The summed E-state index contributed by atoms with van der Waals surface area (Å²) in [5.74, 6) is -0.813. The minimum Gasteiger partial charge on any atom is -0.481 e. The zero-order valence-corrected chi connectivity index (χ0v) is 14.3. The lowest BCUT2D eigenvalue weighted by atomic mass is 9.97. The highest BCUT2D eigenvalue weighted by Gasteiger charge is 2.32. The standard InChI is InChI=1S/C21H23NO3/c23-20(14-6-3-7-15(9-8-14)21(24)25)22-12-18-10-16-4-1-2-5-17(16)11-19(18)13-22/h1-2,4-5,10-11,14-15H,3,6-9,12-13H2,(H,24,25). The number of benzene rings is 2. The first-order valence-electron chi connectivity index (χ1n) is 9.14. The molecular weight excluding hydrogens is 314 g/mol. The second kappa shape index (κ2) is 6.51. The zero-order chi connectivity index (χ0) is 17.4. The molecule has 0 bridgehead atoms. The number of hydrogen-bond acceptors (Lipinski definition) is 2. The van der Waals surface area contributed by atoms with Crippen LogP contribution < -0.4 is 0 Å². The second-order valence-electron chi connectivity index (χ2n) is 7.40. The van der Waals surface area contributed by atoms with Crippen LogP contribution in [-0.4, -0.2) is 21.9 Å². The topological polar surface area (TPSA) is 57.6 Å². The summed E-state index contributed by atoms with van der Waals surface area (Å²) < 4.78 is 0. The number of amides is 1. The maximum Gasteiger partial charge on any atom is 0.306 e. The van der Waals surface area contributed by atoms with Gasteiger partial charge in [0.25, 0.3) is 0 Å². The number of carboxylic acids is 1. The third kappa shape index (κ3) is 3.13. The molecule has 1 heterocycles. The van der Waals surface area contributed by atoms with E-state index in [1.54, 1.807) is 0 Å². The highest BCUT2D eigenvalue weighted by Crippen LogP contribution is 2.33. The van der Waals surface area contributed by atoms with Crippen molar-refractivity contribution in [2.45, 2.75) is 45.2 Å². The van der Waals surface area contributed by atoms with Crippen LogP contribution in [0.4, 0.5) is 0 Å². The molecule has 1 N–H and O–H groups in total.